The van der Waals surface area contributed by atoms with Crippen molar-refractivity contribution in [3.63, 3.8) is 0 Å². The Morgan fingerprint density at radius 1 is 1.10 bits per heavy atom. The van der Waals surface area contributed by atoms with Crippen LogP contribution in [-0.4, -0.2) is 40.9 Å². The van der Waals surface area contributed by atoms with Gasteiger partial charge in [0.15, 0.2) is 0 Å². The predicted octanol–water partition coefficient (Wildman–Crippen LogP) is 3.95. The predicted molar refractivity (Wildman–Crippen MR) is 119 cm³/mol. The third-order valence-corrected chi connectivity index (χ3v) is 8.27. The highest BCUT2D eigenvalue weighted by molar-refractivity contribution is 7.99. The van der Waals surface area contributed by atoms with Crippen molar-refractivity contribution in [3.8, 4) is 0 Å². The van der Waals surface area contributed by atoms with E-state index in [1.165, 1.54) is 16.1 Å². The van der Waals surface area contributed by atoms with E-state index < -0.39 is 0 Å². The smallest absolute Gasteiger partial charge is 0.248 e. The van der Waals surface area contributed by atoms with Gasteiger partial charge in [-0.1, -0.05) is 6.42 Å². The number of carbonyl (C=O) groups excluding carboxylic acids is 2. The molecule has 29 heavy (non-hydrogen) atoms. The SMILES string of the molecule is O=C(Nc1ccc(N2CCc3sccc3C2)cc1)C1CSCN1C(=O)C1CCC1. The first-order valence-corrected chi connectivity index (χ1v) is 12.3. The fraction of sp³-hybridized carbons (Fsp3) is 0.455. The van der Waals surface area contributed by atoms with Crippen molar-refractivity contribution in [2.75, 3.05) is 28.4 Å². The molecule has 2 aliphatic heterocycles. The van der Waals surface area contributed by atoms with E-state index in [1.54, 1.807) is 16.7 Å². The van der Waals surface area contributed by atoms with Crippen molar-refractivity contribution >= 4 is 46.3 Å². The molecule has 1 aliphatic carbocycles. The van der Waals surface area contributed by atoms with Gasteiger partial charge in [-0.3, -0.25) is 9.59 Å². The summed E-state index contributed by atoms with van der Waals surface area (Å²) < 4.78 is 0. The van der Waals surface area contributed by atoms with E-state index in [4.69, 9.17) is 0 Å². The zero-order chi connectivity index (χ0) is 19.8. The number of nitrogens with zero attached hydrogens (tertiary/aromatic N) is 2. The van der Waals surface area contributed by atoms with E-state index >= 15 is 0 Å². The Hall–Kier alpha value is -1.99. The Morgan fingerprint density at radius 2 is 1.93 bits per heavy atom. The molecule has 0 radical (unpaired) electrons. The van der Waals surface area contributed by atoms with Crippen molar-refractivity contribution in [2.45, 2.75) is 38.3 Å². The largest absolute Gasteiger partial charge is 0.367 e. The van der Waals surface area contributed by atoms with Crippen molar-refractivity contribution in [1.82, 2.24) is 4.90 Å². The molecule has 5 nitrogen and oxygen atoms in total. The fourth-order valence-corrected chi connectivity index (χ4v) is 6.27. The third kappa shape index (κ3) is 3.78. The summed E-state index contributed by atoms with van der Waals surface area (Å²) in [6.07, 6.45) is 4.17. The van der Waals surface area contributed by atoms with Gasteiger partial charge in [0.25, 0.3) is 0 Å². The van der Waals surface area contributed by atoms with Crippen LogP contribution in [0.2, 0.25) is 0 Å². The maximum Gasteiger partial charge on any atom is 0.248 e. The molecule has 1 unspecified atom stereocenters. The number of anilines is 2. The van der Waals surface area contributed by atoms with Crippen molar-refractivity contribution in [3.05, 3.63) is 46.2 Å². The van der Waals surface area contributed by atoms with Gasteiger partial charge in [-0.2, -0.15) is 0 Å². The zero-order valence-corrected chi connectivity index (χ0v) is 17.9. The van der Waals surface area contributed by atoms with E-state index in [1.807, 2.05) is 23.5 Å². The molecule has 3 heterocycles. The highest BCUT2D eigenvalue weighted by Gasteiger charge is 2.39. The van der Waals surface area contributed by atoms with Crippen LogP contribution in [0.3, 0.4) is 0 Å². The van der Waals surface area contributed by atoms with E-state index in [9.17, 15) is 9.59 Å². The van der Waals surface area contributed by atoms with Crippen LogP contribution in [0.5, 0.6) is 0 Å². The van der Waals surface area contributed by atoms with E-state index in [0.717, 1.165) is 44.5 Å². The lowest BCUT2D eigenvalue weighted by atomic mass is 9.84. The molecular formula is C22H25N3O2S2. The number of thioether (sulfide) groups is 1. The van der Waals surface area contributed by atoms with Gasteiger partial charge >= 0.3 is 0 Å². The number of nitrogens with one attached hydrogen (secondary N) is 1. The Balaban J connectivity index is 1.22. The van der Waals surface area contributed by atoms with Crippen LogP contribution < -0.4 is 10.2 Å². The van der Waals surface area contributed by atoms with Crippen LogP contribution in [0.4, 0.5) is 11.4 Å². The maximum absolute atomic E-state index is 12.8. The lowest BCUT2D eigenvalue weighted by Gasteiger charge is -2.31. The van der Waals surface area contributed by atoms with Crippen LogP contribution in [0.1, 0.15) is 29.7 Å². The maximum atomic E-state index is 12.8. The van der Waals surface area contributed by atoms with Gasteiger partial charge in [-0.05, 0) is 60.5 Å². The molecule has 0 bridgehead atoms. The number of fused-ring (bicyclic) bond motifs is 1. The summed E-state index contributed by atoms with van der Waals surface area (Å²) in [5.74, 6) is 1.54. The molecule has 7 heteroatoms. The first-order chi connectivity index (χ1) is 14.2. The number of amides is 2. The van der Waals surface area contributed by atoms with Crippen LogP contribution in [0.25, 0.3) is 0 Å². The van der Waals surface area contributed by atoms with Crippen molar-refractivity contribution < 1.29 is 9.59 Å². The third-order valence-electron chi connectivity index (χ3n) is 6.23. The summed E-state index contributed by atoms with van der Waals surface area (Å²) in [6.45, 7) is 1.97. The Kier molecular flexibility index (Phi) is 5.26. The molecule has 3 aliphatic rings. The second kappa shape index (κ2) is 8.03. The first-order valence-electron chi connectivity index (χ1n) is 10.3. The van der Waals surface area contributed by atoms with Crippen LogP contribution in [-0.2, 0) is 22.6 Å². The number of benzene rings is 1. The van der Waals surface area contributed by atoms with Crippen LogP contribution in [0, 0.1) is 5.92 Å². The summed E-state index contributed by atoms with van der Waals surface area (Å²) in [6, 6.07) is 9.96. The van der Waals surface area contributed by atoms with Crippen molar-refractivity contribution in [1.29, 1.82) is 0 Å². The first kappa shape index (κ1) is 19.0. The van der Waals surface area contributed by atoms with Gasteiger partial charge in [0.1, 0.15) is 6.04 Å². The Morgan fingerprint density at radius 3 is 2.69 bits per heavy atom. The minimum absolute atomic E-state index is 0.0729. The van der Waals surface area contributed by atoms with Gasteiger partial charge in [0.05, 0.1) is 5.88 Å². The Bertz CT molecular complexity index is 907. The molecule has 1 aromatic heterocycles. The second-order valence-electron chi connectivity index (χ2n) is 8.03. The van der Waals surface area contributed by atoms with E-state index in [0.29, 0.717) is 11.6 Å². The summed E-state index contributed by atoms with van der Waals surface area (Å²) in [5, 5.41) is 5.20. The minimum atomic E-state index is -0.355. The van der Waals surface area contributed by atoms with E-state index in [2.05, 4.69) is 33.8 Å². The standard InChI is InChI=1S/C22H25N3O2S2/c26-21(19-13-28-14-25(19)22(27)15-2-1-3-15)23-17-4-6-18(7-5-17)24-10-8-20-16(12-24)9-11-29-20/h4-7,9,11,15,19H,1-3,8,10,12-14H2,(H,23,26). The molecule has 0 spiro atoms. The van der Waals surface area contributed by atoms with E-state index in [-0.39, 0.29) is 23.8 Å². The highest BCUT2D eigenvalue weighted by Crippen LogP contribution is 2.33. The van der Waals surface area contributed by atoms with Crippen molar-refractivity contribution in [2.24, 2.45) is 5.92 Å². The number of hydrogen-bond acceptors (Lipinski definition) is 5. The fourth-order valence-electron chi connectivity index (χ4n) is 4.22. The quantitative estimate of drug-likeness (QED) is 0.803. The minimum Gasteiger partial charge on any atom is -0.367 e. The molecule has 1 N–H and O–H groups in total. The topological polar surface area (TPSA) is 52.7 Å². The molecular weight excluding hydrogens is 402 g/mol. The summed E-state index contributed by atoms with van der Waals surface area (Å²) >= 11 is 3.51. The zero-order valence-electron chi connectivity index (χ0n) is 16.3. The number of hydrogen-bond donors (Lipinski definition) is 1. The van der Waals surface area contributed by atoms with Gasteiger partial charge in [-0.25, -0.2) is 0 Å². The molecule has 2 fully saturated rings. The lowest BCUT2D eigenvalue weighted by molar-refractivity contribution is -0.141. The van der Waals surface area contributed by atoms with Gasteiger partial charge in [0, 0.05) is 41.0 Å². The summed E-state index contributed by atoms with van der Waals surface area (Å²) in [4.78, 5) is 31.1. The molecule has 2 aromatic rings. The van der Waals surface area contributed by atoms with Crippen LogP contribution >= 0.6 is 23.1 Å². The van der Waals surface area contributed by atoms with Gasteiger partial charge in [-0.15, -0.1) is 23.1 Å². The average Bonchev–Trinajstić information content (AvgIpc) is 3.36. The summed E-state index contributed by atoms with van der Waals surface area (Å²) in [7, 11) is 0. The van der Waals surface area contributed by atoms with Crippen LogP contribution in [0.15, 0.2) is 35.7 Å². The Labute approximate surface area is 179 Å². The second-order valence-corrected chi connectivity index (χ2v) is 10.0. The molecule has 5 rings (SSSR count). The number of carbonyl (C=O) groups is 2. The molecule has 1 aromatic carbocycles. The summed E-state index contributed by atoms with van der Waals surface area (Å²) in [5.41, 5.74) is 3.39. The van der Waals surface area contributed by atoms with Gasteiger partial charge < -0.3 is 15.1 Å². The molecule has 1 saturated heterocycles. The monoisotopic (exact) mass is 427 g/mol. The lowest BCUT2D eigenvalue weighted by Crippen LogP contribution is -2.47. The highest BCUT2D eigenvalue weighted by atomic mass is 32.2. The normalized spacial score (nSPS) is 21.6. The molecule has 1 atom stereocenters. The molecule has 2 amide bonds. The molecule has 152 valence electrons. The number of rotatable bonds is 4. The average molecular weight is 428 g/mol. The number of thiophene rings is 1. The molecule has 1 saturated carbocycles. The van der Waals surface area contributed by atoms with Gasteiger partial charge in [0.2, 0.25) is 11.8 Å².